The van der Waals surface area contributed by atoms with Gasteiger partial charge in [-0.1, -0.05) is 0 Å². The largest absolute Gasteiger partial charge is 0.478 e. The average Bonchev–Trinajstić information content (AvgIpc) is 2.42. The summed E-state index contributed by atoms with van der Waals surface area (Å²) in [5, 5.41) is 30.3. The van der Waals surface area contributed by atoms with Crippen molar-refractivity contribution >= 4 is 17.3 Å². The molecular weight excluding hydrogens is 253 g/mol. The van der Waals surface area contributed by atoms with Gasteiger partial charge in [0.05, 0.1) is 12.7 Å². The fraction of sp³-hybridized carbons (Fsp3) is 0.182. The van der Waals surface area contributed by atoms with Gasteiger partial charge in [-0.05, 0) is 23.4 Å². The Balaban J connectivity index is 2.86. The molecule has 5 N–H and O–H groups in total. The number of rotatable bonds is 4. The zero-order chi connectivity index (χ0) is 14.4. The Hall–Kier alpha value is -2.66. The van der Waals surface area contributed by atoms with Crippen LogP contribution in [0, 0.1) is 22.6 Å². The van der Waals surface area contributed by atoms with Crippen LogP contribution in [-0.4, -0.2) is 30.1 Å². The average molecular weight is 265 g/mol. The number of nitrogens with zero attached hydrogens (tertiary/aromatic N) is 2. The van der Waals surface area contributed by atoms with Crippen molar-refractivity contribution in [2.75, 3.05) is 12.4 Å². The number of oxime groups is 1. The van der Waals surface area contributed by atoms with Crippen molar-refractivity contribution in [2.24, 2.45) is 10.9 Å². The SMILES string of the molecule is CO/C(=N/O)C(=N)C(N)Nc1ccc(F)c(C#N)c1. The molecule has 1 atom stereocenters. The Labute approximate surface area is 108 Å². The first-order valence-corrected chi connectivity index (χ1v) is 5.10. The second-order valence-electron chi connectivity index (χ2n) is 3.45. The molecule has 0 saturated carbocycles. The molecule has 0 aromatic heterocycles. The highest BCUT2D eigenvalue weighted by atomic mass is 19.1. The first-order valence-electron chi connectivity index (χ1n) is 5.10. The lowest BCUT2D eigenvalue weighted by molar-refractivity contribution is 0.290. The Morgan fingerprint density at radius 2 is 2.37 bits per heavy atom. The zero-order valence-electron chi connectivity index (χ0n) is 10.0. The Morgan fingerprint density at radius 3 is 2.89 bits per heavy atom. The molecule has 0 amide bonds. The molecule has 0 bridgehead atoms. The van der Waals surface area contributed by atoms with Gasteiger partial charge in [0.1, 0.15) is 23.8 Å². The number of benzene rings is 1. The van der Waals surface area contributed by atoms with Crippen LogP contribution in [0.5, 0.6) is 0 Å². The minimum Gasteiger partial charge on any atom is -0.478 e. The van der Waals surface area contributed by atoms with Crippen molar-refractivity contribution in [1.82, 2.24) is 0 Å². The molecule has 100 valence electrons. The molecule has 8 heteroatoms. The van der Waals surface area contributed by atoms with Gasteiger partial charge in [0, 0.05) is 5.69 Å². The first-order chi connectivity index (χ1) is 9.03. The minimum atomic E-state index is -1.04. The van der Waals surface area contributed by atoms with E-state index in [0.717, 1.165) is 6.07 Å². The summed E-state index contributed by atoms with van der Waals surface area (Å²) >= 11 is 0. The summed E-state index contributed by atoms with van der Waals surface area (Å²) in [6, 6.07) is 5.41. The maximum atomic E-state index is 13.1. The molecule has 0 saturated heterocycles. The molecule has 19 heavy (non-hydrogen) atoms. The van der Waals surface area contributed by atoms with Crippen LogP contribution in [0.4, 0.5) is 10.1 Å². The predicted octanol–water partition coefficient (Wildman–Crippen LogP) is 0.848. The van der Waals surface area contributed by atoms with E-state index in [0.29, 0.717) is 5.69 Å². The third-order valence-corrected chi connectivity index (χ3v) is 2.23. The molecule has 0 heterocycles. The van der Waals surface area contributed by atoms with Crippen LogP contribution in [0.15, 0.2) is 23.4 Å². The van der Waals surface area contributed by atoms with Crippen LogP contribution in [0.3, 0.4) is 0 Å². The molecule has 0 aliphatic rings. The summed E-state index contributed by atoms with van der Waals surface area (Å²) in [4.78, 5) is 0. The van der Waals surface area contributed by atoms with Gasteiger partial charge in [0.15, 0.2) is 0 Å². The third-order valence-electron chi connectivity index (χ3n) is 2.23. The monoisotopic (exact) mass is 265 g/mol. The van der Waals surface area contributed by atoms with E-state index in [-0.39, 0.29) is 17.2 Å². The van der Waals surface area contributed by atoms with Crippen molar-refractivity contribution < 1.29 is 14.3 Å². The summed E-state index contributed by atoms with van der Waals surface area (Å²) in [5.41, 5.74) is 5.55. The fourth-order valence-corrected chi connectivity index (χ4v) is 1.29. The number of nitrogens with one attached hydrogen (secondary N) is 2. The third kappa shape index (κ3) is 3.40. The van der Waals surface area contributed by atoms with E-state index < -0.39 is 12.0 Å². The fourth-order valence-electron chi connectivity index (χ4n) is 1.29. The number of halogens is 1. The summed E-state index contributed by atoms with van der Waals surface area (Å²) in [6.07, 6.45) is -1.04. The lowest BCUT2D eigenvalue weighted by Crippen LogP contribution is -2.42. The smallest absolute Gasteiger partial charge is 0.274 e. The number of nitriles is 1. The first kappa shape index (κ1) is 14.4. The molecule has 1 aromatic carbocycles. The molecule has 0 aliphatic carbocycles. The molecular formula is C11H12FN5O2. The normalized spacial score (nSPS) is 12.4. The van der Waals surface area contributed by atoms with Gasteiger partial charge in [-0.3, -0.25) is 5.41 Å². The van der Waals surface area contributed by atoms with Gasteiger partial charge in [-0.15, -0.1) is 0 Å². The molecule has 1 rings (SSSR count). The van der Waals surface area contributed by atoms with E-state index in [2.05, 4.69) is 15.2 Å². The molecule has 0 aliphatic heterocycles. The number of hydrogen-bond acceptors (Lipinski definition) is 7. The highest BCUT2D eigenvalue weighted by molar-refractivity contribution is 6.39. The van der Waals surface area contributed by atoms with Crippen LogP contribution >= 0.6 is 0 Å². The highest BCUT2D eigenvalue weighted by Crippen LogP contribution is 2.14. The lowest BCUT2D eigenvalue weighted by Gasteiger charge is -2.16. The number of methoxy groups -OCH3 is 1. The summed E-state index contributed by atoms with van der Waals surface area (Å²) < 4.78 is 17.7. The van der Waals surface area contributed by atoms with Gasteiger partial charge in [0.2, 0.25) is 0 Å². The van der Waals surface area contributed by atoms with Crippen LogP contribution < -0.4 is 11.1 Å². The van der Waals surface area contributed by atoms with Crippen molar-refractivity contribution in [2.45, 2.75) is 6.17 Å². The summed E-state index contributed by atoms with van der Waals surface area (Å²) in [5.74, 6) is -0.992. The molecule has 1 unspecified atom stereocenters. The van der Waals surface area contributed by atoms with Gasteiger partial charge in [-0.25, -0.2) is 4.39 Å². The Kier molecular flexibility index (Phi) is 4.79. The second kappa shape index (κ2) is 6.32. The van der Waals surface area contributed by atoms with Crippen molar-refractivity contribution in [3.05, 3.63) is 29.6 Å². The second-order valence-corrected chi connectivity index (χ2v) is 3.45. The molecule has 0 spiro atoms. The quantitative estimate of drug-likeness (QED) is 0.211. The van der Waals surface area contributed by atoms with Crippen LogP contribution in [0.2, 0.25) is 0 Å². The number of anilines is 1. The number of nitrogens with two attached hydrogens (primary N) is 1. The van der Waals surface area contributed by atoms with Crippen LogP contribution in [0.1, 0.15) is 5.56 Å². The van der Waals surface area contributed by atoms with Gasteiger partial charge in [0.25, 0.3) is 5.90 Å². The van der Waals surface area contributed by atoms with Crippen molar-refractivity contribution in [3.8, 4) is 6.07 Å². The van der Waals surface area contributed by atoms with Gasteiger partial charge in [-0.2, -0.15) is 5.26 Å². The van der Waals surface area contributed by atoms with E-state index in [4.69, 9.17) is 21.6 Å². The minimum absolute atomic E-state index is 0.147. The molecule has 0 radical (unpaired) electrons. The maximum Gasteiger partial charge on any atom is 0.274 e. The molecule has 0 fully saturated rings. The van der Waals surface area contributed by atoms with E-state index in [1.165, 1.54) is 19.2 Å². The Bertz CT molecular complexity index is 553. The van der Waals surface area contributed by atoms with E-state index in [1.54, 1.807) is 6.07 Å². The maximum absolute atomic E-state index is 13.1. The number of ether oxygens (including phenoxy) is 1. The van der Waals surface area contributed by atoms with E-state index >= 15 is 0 Å². The standard InChI is InChI=1S/C11H12FN5O2/c1-19-11(17-18)9(14)10(15)16-7-2-3-8(12)6(4-7)5-13/h2-4,10,14,16,18H,15H2,1H3/b14-9?,17-11+. The molecule has 1 aromatic rings. The summed E-state index contributed by atoms with van der Waals surface area (Å²) in [7, 11) is 1.22. The van der Waals surface area contributed by atoms with E-state index in [9.17, 15) is 4.39 Å². The van der Waals surface area contributed by atoms with Crippen LogP contribution in [-0.2, 0) is 4.74 Å². The van der Waals surface area contributed by atoms with Crippen molar-refractivity contribution in [1.29, 1.82) is 10.7 Å². The predicted molar refractivity (Wildman–Crippen MR) is 66.7 cm³/mol. The van der Waals surface area contributed by atoms with Crippen molar-refractivity contribution in [3.63, 3.8) is 0 Å². The van der Waals surface area contributed by atoms with Gasteiger partial charge < -0.3 is 21.0 Å². The summed E-state index contributed by atoms with van der Waals surface area (Å²) in [6.45, 7) is 0. The Morgan fingerprint density at radius 1 is 1.68 bits per heavy atom. The molecule has 7 nitrogen and oxygen atoms in total. The topological polar surface area (TPSA) is 128 Å². The van der Waals surface area contributed by atoms with Crippen LogP contribution in [0.25, 0.3) is 0 Å². The lowest BCUT2D eigenvalue weighted by atomic mass is 10.2. The highest BCUT2D eigenvalue weighted by Gasteiger charge is 2.17. The van der Waals surface area contributed by atoms with Gasteiger partial charge >= 0.3 is 0 Å². The number of hydrogen-bond donors (Lipinski definition) is 4. The zero-order valence-corrected chi connectivity index (χ0v) is 10.0. The van der Waals surface area contributed by atoms with E-state index in [1.807, 2.05) is 0 Å².